The Morgan fingerprint density at radius 1 is 0.969 bits per heavy atom. The highest BCUT2D eigenvalue weighted by atomic mass is 127. The highest BCUT2D eigenvalue weighted by molar-refractivity contribution is 14.1. The molecule has 1 heterocycles. The summed E-state index contributed by atoms with van der Waals surface area (Å²) < 4.78 is 2.71. The number of nitro groups is 1. The van der Waals surface area contributed by atoms with Crippen LogP contribution in [-0.4, -0.2) is 15.4 Å². The number of rotatable bonds is 6. The minimum absolute atomic E-state index is 0.0203. The summed E-state index contributed by atoms with van der Waals surface area (Å²) in [5, 5.41) is 14.3. The van der Waals surface area contributed by atoms with Crippen molar-refractivity contribution < 1.29 is 9.72 Å². The van der Waals surface area contributed by atoms with Crippen molar-refractivity contribution in [1.29, 1.82) is 0 Å². The minimum atomic E-state index is -0.490. The zero-order valence-electron chi connectivity index (χ0n) is 16.8. The first kappa shape index (κ1) is 21.7. The van der Waals surface area contributed by atoms with E-state index in [0.717, 1.165) is 20.0 Å². The van der Waals surface area contributed by atoms with Gasteiger partial charge >= 0.3 is 0 Å². The number of aromatic nitrogens is 1. The quantitative estimate of drug-likeness (QED) is 0.222. The lowest BCUT2D eigenvalue weighted by Crippen LogP contribution is -2.33. The van der Waals surface area contributed by atoms with E-state index in [1.807, 2.05) is 48.5 Å². The first-order valence-electron chi connectivity index (χ1n) is 9.81. The van der Waals surface area contributed by atoms with Gasteiger partial charge in [-0.15, -0.1) is 0 Å². The predicted octanol–water partition coefficient (Wildman–Crippen LogP) is 4.49. The molecule has 3 aromatic carbocycles. The molecule has 160 valence electrons. The zero-order chi connectivity index (χ0) is 22.7. The number of nitrogens with one attached hydrogen (secondary N) is 1. The number of para-hydroxylation sites is 1. The fourth-order valence-electron chi connectivity index (χ4n) is 3.43. The molecule has 32 heavy (non-hydrogen) atoms. The molecule has 0 radical (unpaired) electrons. The number of pyridine rings is 1. The number of fused-ring (bicyclic) bond motifs is 1. The largest absolute Gasteiger partial charge is 0.348 e. The van der Waals surface area contributed by atoms with Gasteiger partial charge in [0.2, 0.25) is 0 Å². The molecular formula is C24H18IN3O4. The van der Waals surface area contributed by atoms with Crippen LogP contribution >= 0.6 is 22.6 Å². The van der Waals surface area contributed by atoms with Gasteiger partial charge in [-0.25, -0.2) is 0 Å². The lowest BCUT2D eigenvalue weighted by atomic mass is 10.1. The number of amides is 1. The molecule has 0 unspecified atom stereocenters. The van der Waals surface area contributed by atoms with Gasteiger partial charge in [0.05, 0.1) is 17.0 Å². The van der Waals surface area contributed by atoms with Crippen molar-refractivity contribution in [2.45, 2.75) is 13.1 Å². The lowest BCUT2D eigenvalue weighted by molar-refractivity contribution is -0.384. The summed E-state index contributed by atoms with van der Waals surface area (Å²) in [6, 6.07) is 22.9. The summed E-state index contributed by atoms with van der Waals surface area (Å²) in [6.07, 6.45) is 0. The molecule has 0 bridgehead atoms. The third kappa shape index (κ3) is 4.70. The van der Waals surface area contributed by atoms with Gasteiger partial charge in [0, 0.05) is 22.2 Å². The number of benzene rings is 3. The van der Waals surface area contributed by atoms with E-state index < -0.39 is 10.8 Å². The first-order chi connectivity index (χ1) is 15.4. The van der Waals surface area contributed by atoms with E-state index >= 15 is 0 Å². The van der Waals surface area contributed by atoms with Crippen molar-refractivity contribution in [2.75, 3.05) is 0 Å². The smallest absolute Gasteiger partial charge is 0.269 e. The highest BCUT2D eigenvalue weighted by Gasteiger charge is 2.16. The molecule has 1 amide bonds. The van der Waals surface area contributed by atoms with Crippen LogP contribution in [0.15, 0.2) is 83.7 Å². The molecule has 4 aromatic rings. The fraction of sp³-hybridized carbons (Fsp3) is 0.0833. The third-order valence-corrected chi connectivity index (χ3v) is 5.82. The molecule has 7 nitrogen and oxygen atoms in total. The standard InChI is InChI=1S/C24H18IN3O4/c25-19-9-5-17(6-10-19)15-27-22-4-2-1-3-18(22)13-21(24(27)30)23(29)26-14-16-7-11-20(12-8-16)28(31)32/h1-13H,14-15H2,(H,26,29). The maximum Gasteiger partial charge on any atom is 0.269 e. The normalized spacial score (nSPS) is 10.8. The van der Waals surface area contributed by atoms with Crippen LogP contribution in [0.3, 0.4) is 0 Å². The Morgan fingerprint density at radius 2 is 1.62 bits per heavy atom. The average molecular weight is 539 g/mol. The summed E-state index contributed by atoms with van der Waals surface area (Å²) in [5.74, 6) is -0.490. The van der Waals surface area contributed by atoms with E-state index in [2.05, 4.69) is 27.9 Å². The number of nitro benzene ring substituents is 1. The van der Waals surface area contributed by atoms with Crippen LogP contribution in [0.4, 0.5) is 5.69 Å². The van der Waals surface area contributed by atoms with Crippen molar-refractivity contribution in [3.05, 3.63) is 120 Å². The van der Waals surface area contributed by atoms with Crippen molar-refractivity contribution in [3.63, 3.8) is 0 Å². The van der Waals surface area contributed by atoms with Gasteiger partial charge in [0.1, 0.15) is 5.56 Å². The van der Waals surface area contributed by atoms with E-state index in [0.29, 0.717) is 12.1 Å². The molecule has 0 atom stereocenters. The van der Waals surface area contributed by atoms with E-state index in [9.17, 15) is 19.7 Å². The van der Waals surface area contributed by atoms with E-state index in [-0.39, 0.29) is 23.4 Å². The van der Waals surface area contributed by atoms with Gasteiger partial charge in [-0.1, -0.05) is 42.5 Å². The van der Waals surface area contributed by atoms with Crippen molar-refractivity contribution in [2.24, 2.45) is 0 Å². The van der Waals surface area contributed by atoms with Crippen LogP contribution in [0, 0.1) is 13.7 Å². The van der Waals surface area contributed by atoms with Crippen LogP contribution in [0.25, 0.3) is 10.9 Å². The Hall–Kier alpha value is -3.53. The molecule has 0 fully saturated rings. The van der Waals surface area contributed by atoms with E-state index in [1.54, 1.807) is 22.8 Å². The first-order valence-corrected chi connectivity index (χ1v) is 10.9. The summed E-state index contributed by atoms with van der Waals surface area (Å²) in [5.41, 5.74) is 2.07. The maximum atomic E-state index is 13.3. The molecule has 1 aromatic heterocycles. The monoisotopic (exact) mass is 539 g/mol. The second-order valence-electron chi connectivity index (χ2n) is 7.24. The molecule has 0 saturated heterocycles. The average Bonchev–Trinajstić information content (AvgIpc) is 2.80. The third-order valence-electron chi connectivity index (χ3n) is 5.10. The number of carbonyl (C=O) groups excluding carboxylic acids is 1. The number of carbonyl (C=O) groups is 1. The van der Waals surface area contributed by atoms with Gasteiger partial charge in [-0.05, 0) is 63.4 Å². The van der Waals surface area contributed by atoms with Gasteiger partial charge in [0.25, 0.3) is 17.2 Å². The highest BCUT2D eigenvalue weighted by Crippen LogP contribution is 2.16. The molecular weight excluding hydrogens is 521 g/mol. The number of halogens is 1. The van der Waals surface area contributed by atoms with Crippen LogP contribution in [-0.2, 0) is 13.1 Å². The Bertz CT molecular complexity index is 1360. The second-order valence-corrected chi connectivity index (χ2v) is 8.49. The topological polar surface area (TPSA) is 94.2 Å². The van der Waals surface area contributed by atoms with Gasteiger partial charge in [-0.3, -0.25) is 19.7 Å². The lowest BCUT2D eigenvalue weighted by Gasteiger charge is -2.13. The van der Waals surface area contributed by atoms with Gasteiger partial charge in [-0.2, -0.15) is 0 Å². The van der Waals surface area contributed by atoms with E-state index in [4.69, 9.17) is 0 Å². The number of hydrogen-bond donors (Lipinski definition) is 1. The molecule has 0 aliphatic carbocycles. The fourth-order valence-corrected chi connectivity index (χ4v) is 3.79. The molecule has 1 N–H and O–H groups in total. The summed E-state index contributed by atoms with van der Waals surface area (Å²) in [7, 11) is 0. The number of nitrogens with zero attached hydrogens (tertiary/aromatic N) is 2. The van der Waals surface area contributed by atoms with Crippen LogP contribution in [0.1, 0.15) is 21.5 Å². The number of non-ortho nitro benzene ring substituents is 1. The van der Waals surface area contributed by atoms with Gasteiger partial charge in [0.15, 0.2) is 0 Å². The molecule has 0 saturated carbocycles. The summed E-state index contributed by atoms with van der Waals surface area (Å²) in [4.78, 5) is 36.4. The molecule has 0 spiro atoms. The zero-order valence-corrected chi connectivity index (χ0v) is 19.0. The summed E-state index contributed by atoms with van der Waals surface area (Å²) >= 11 is 2.23. The van der Waals surface area contributed by atoms with E-state index in [1.165, 1.54) is 12.1 Å². The van der Waals surface area contributed by atoms with Crippen LogP contribution in [0.2, 0.25) is 0 Å². The molecule has 0 aliphatic rings. The molecule has 8 heteroatoms. The molecule has 4 rings (SSSR count). The molecule has 0 aliphatic heterocycles. The minimum Gasteiger partial charge on any atom is -0.348 e. The predicted molar refractivity (Wildman–Crippen MR) is 131 cm³/mol. The Labute approximate surface area is 197 Å². The van der Waals surface area contributed by atoms with Crippen LogP contribution < -0.4 is 10.9 Å². The summed E-state index contributed by atoms with van der Waals surface area (Å²) in [6.45, 7) is 0.500. The van der Waals surface area contributed by atoms with Crippen LogP contribution in [0.5, 0.6) is 0 Å². The Morgan fingerprint density at radius 3 is 2.31 bits per heavy atom. The van der Waals surface area contributed by atoms with Gasteiger partial charge < -0.3 is 9.88 Å². The Balaban J connectivity index is 1.63. The van der Waals surface area contributed by atoms with Crippen molar-refractivity contribution in [1.82, 2.24) is 9.88 Å². The van der Waals surface area contributed by atoms with Crippen molar-refractivity contribution >= 4 is 45.1 Å². The Kier molecular flexibility index (Phi) is 6.31. The second kappa shape index (κ2) is 9.31. The number of hydrogen-bond acceptors (Lipinski definition) is 4. The SMILES string of the molecule is O=C(NCc1ccc([N+](=O)[O-])cc1)c1cc2ccccc2n(Cc2ccc(I)cc2)c1=O. The maximum absolute atomic E-state index is 13.3. The van der Waals surface area contributed by atoms with Crippen molar-refractivity contribution in [3.8, 4) is 0 Å².